The van der Waals surface area contributed by atoms with Gasteiger partial charge in [-0.15, -0.1) is 0 Å². The highest BCUT2D eigenvalue weighted by Crippen LogP contribution is 2.16. The highest BCUT2D eigenvalue weighted by atomic mass is 14.7. The van der Waals surface area contributed by atoms with Gasteiger partial charge in [-0.1, -0.05) is 24.3 Å². The van der Waals surface area contributed by atoms with Crippen molar-refractivity contribution in [2.75, 3.05) is 0 Å². The molecule has 0 amide bonds. The van der Waals surface area contributed by atoms with Crippen LogP contribution in [0.15, 0.2) is 24.4 Å². The highest BCUT2D eigenvalue weighted by molar-refractivity contribution is 5.65. The maximum atomic E-state index is 4.28. The second-order valence-electron chi connectivity index (χ2n) is 3.34. The molecule has 0 radical (unpaired) electrons. The molecule has 0 saturated carbocycles. The summed E-state index contributed by atoms with van der Waals surface area (Å²) in [5.74, 6) is 0. The molecule has 1 aromatic rings. The van der Waals surface area contributed by atoms with Crippen LogP contribution in [-0.4, -0.2) is 4.98 Å². The fourth-order valence-corrected chi connectivity index (χ4v) is 1.49. The second kappa shape index (κ2) is 3.56. The van der Waals surface area contributed by atoms with Crippen molar-refractivity contribution in [1.29, 1.82) is 0 Å². The van der Waals surface area contributed by atoms with Crippen molar-refractivity contribution in [2.24, 2.45) is 0 Å². The predicted molar refractivity (Wildman–Crippen MR) is 56.3 cm³/mol. The Kier molecular flexibility index (Phi) is 2.26. The summed E-state index contributed by atoms with van der Waals surface area (Å²) in [5.41, 5.74) is 3.59. The van der Waals surface area contributed by atoms with Crippen LogP contribution in [0.2, 0.25) is 0 Å². The zero-order valence-electron chi connectivity index (χ0n) is 7.83. The Morgan fingerprint density at radius 1 is 1.08 bits per heavy atom. The van der Waals surface area contributed by atoms with Gasteiger partial charge in [0.15, 0.2) is 0 Å². The van der Waals surface area contributed by atoms with Gasteiger partial charge in [0, 0.05) is 11.9 Å². The van der Waals surface area contributed by atoms with Crippen LogP contribution in [0, 0.1) is 6.92 Å². The number of hydrogen-bond acceptors (Lipinski definition) is 1. The van der Waals surface area contributed by atoms with Gasteiger partial charge in [-0.3, -0.25) is 4.98 Å². The fraction of sp³-hybridized carbons (Fsp3) is 0.250. The number of rotatable bonds is 0. The third-order valence-corrected chi connectivity index (χ3v) is 2.20. The normalized spacial score (nSPS) is 19.8. The van der Waals surface area contributed by atoms with Crippen LogP contribution >= 0.6 is 0 Å². The molecule has 0 aromatic carbocycles. The van der Waals surface area contributed by atoms with Gasteiger partial charge in [-0.25, -0.2) is 0 Å². The van der Waals surface area contributed by atoms with E-state index >= 15 is 0 Å². The monoisotopic (exact) mass is 171 g/mol. The summed E-state index contributed by atoms with van der Waals surface area (Å²) in [6.07, 6.45) is 13.0. The number of nitrogens with zero attached hydrogens (tertiary/aromatic N) is 1. The van der Waals surface area contributed by atoms with Gasteiger partial charge in [-0.2, -0.15) is 0 Å². The van der Waals surface area contributed by atoms with Crippen molar-refractivity contribution in [3.05, 3.63) is 41.2 Å². The molecule has 0 saturated heterocycles. The predicted octanol–water partition coefficient (Wildman–Crippen LogP) is 3.21. The summed E-state index contributed by atoms with van der Waals surface area (Å²) in [6.45, 7) is 2.02. The van der Waals surface area contributed by atoms with Gasteiger partial charge >= 0.3 is 0 Å². The van der Waals surface area contributed by atoms with E-state index in [4.69, 9.17) is 0 Å². The van der Waals surface area contributed by atoms with Crippen LogP contribution in [-0.2, 0) is 0 Å². The average molecular weight is 171 g/mol. The first-order valence-electron chi connectivity index (χ1n) is 4.66. The molecule has 0 N–H and O–H groups in total. The number of pyridine rings is 1. The van der Waals surface area contributed by atoms with Gasteiger partial charge < -0.3 is 0 Å². The van der Waals surface area contributed by atoms with Gasteiger partial charge in [0.2, 0.25) is 0 Å². The van der Waals surface area contributed by atoms with Crippen LogP contribution in [0.4, 0.5) is 0 Å². The summed E-state index contributed by atoms with van der Waals surface area (Å²) >= 11 is 0. The highest BCUT2D eigenvalue weighted by Gasteiger charge is 1.98. The zero-order chi connectivity index (χ0) is 9.10. The third kappa shape index (κ3) is 1.86. The molecule has 0 aliphatic heterocycles. The molecular weight excluding hydrogens is 158 g/mol. The number of aromatic nitrogens is 1. The minimum atomic E-state index is 1.08. The molecule has 1 aliphatic rings. The van der Waals surface area contributed by atoms with Crippen molar-refractivity contribution in [3.63, 3.8) is 0 Å². The summed E-state index contributed by atoms with van der Waals surface area (Å²) in [6, 6.07) is 2.13. The Morgan fingerprint density at radius 3 is 2.54 bits per heavy atom. The number of allylic oxidation sites excluding steroid dienone is 2. The molecule has 0 bridgehead atoms. The van der Waals surface area contributed by atoms with E-state index in [1.165, 1.54) is 11.1 Å². The first-order valence-corrected chi connectivity index (χ1v) is 4.66. The Labute approximate surface area is 78.8 Å². The lowest BCUT2D eigenvalue weighted by Crippen LogP contribution is -1.88. The Bertz CT molecular complexity index is 361. The standard InChI is InChI=1S/C12H13N/c1-10-8-11-6-4-2-3-5-7-12(11)9-13-10/h4-9H,2-3H2,1H3/b6-4-,7-5-. The van der Waals surface area contributed by atoms with E-state index in [1.54, 1.807) is 0 Å². The van der Waals surface area contributed by atoms with Crippen LogP contribution in [0.25, 0.3) is 12.2 Å². The molecule has 0 unspecified atom stereocenters. The quantitative estimate of drug-likeness (QED) is 0.584. The topological polar surface area (TPSA) is 12.9 Å². The molecule has 0 atom stereocenters. The van der Waals surface area contributed by atoms with Crippen LogP contribution in [0.1, 0.15) is 29.7 Å². The molecule has 1 heterocycles. The van der Waals surface area contributed by atoms with Crippen molar-refractivity contribution in [1.82, 2.24) is 4.98 Å². The third-order valence-electron chi connectivity index (χ3n) is 2.20. The SMILES string of the molecule is Cc1cc2c(cn1)/C=C\CC/C=C\2. The molecular formula is C12H13N. The van der Waals surface area contributed by atoms with E-state index in [0.717, 1.165) is 18.5 Å². The molecule has 1 heteroatoms. The fourth-order valence-electron chi connectivity index (χ4n) is 1.49. The van der Waals surface area contributed by atoms with E-state index in [-0.39, 0.29) is 0 Å². The number of aryl methyl sites for hydroxylation is 1. The zero-order valence-corrected chi connectivity index (χ0v) is 7.83. The van der Waals surface area contributed by atoms with E-state index in [0.29, 0.717) is 0 Å². The van der Waals surface area contributed by atoms with Crippen LogP contribution in [0.5, 0.6) is 0 Å². The summed E-state index contributed by atoms with van der Waals surface area (Å²) in [5, 5.41) is 0. The first kappa shape index (κ1) is 8.24. The minimum Gasteiger partial charge on any atom is -0.261 e. The minimum absolute atomic E-state index is 1.08. The molecule has 66 valence electrons. The van der Waals surface area contributed by atoms with E-state index in [1.807, 2.05) is 13.1 Å². The molecule has 1 aliphatic carbocycles. The number of fused-ring (bicyclic) bond motifs is 1. The average Bonchev–Trinajstić information content (AvgIpc) is 2.08. The maximum Gasteiger partial charge on any atom is 0.0379 e. The molecule has 0 fully saturated rings. The van der Waals surface area contributed by atoms with Crippen molar-refractivity contribution >= 4 is 12.2 Å². The lowest BCUT2D eigenvalue weighted by molar-refractivity contribution is 1.06. The Hall–Kier alpha value is -1.37. The van der Waals surface area contributed by atoms with E-state index in [2.05, 4.69) is 35.4 Å². The number of hydrogen-bond donors (Lipinski definition) is 0. The second-order valence-corrected chi connectivity index (χ2v) is 3.34. The summed E-state index contributed by atoms with van der Waals surface area (Å²) in [7, 11) is 0. The molecule has 13 heavy (non-hydrogen) atoms. The first-order chi connectivity index (χ1) is 6.36. The molecule has 1 nitrogen and oxygen atoms in total. The lowest BCUT2D eigenvalue weighted by atomic mass is 10.0. The molecule has 1 aromatic heterocycles. The lowest BCUT2D eigenvalue weighted by Gasteiger charge is -2.04. The summed E-state index contributed by atoms with van der Waals surface area (Å²) in [4.78, 5) is 4.28. The van der Waals surface area contributed by atoms with Crippen molar-refractivity contribution in [2.45, 2.75) is 19.8 Å². The van der Waals surface area contributed by atoms with Gasteiger partial charge in [0.25, 0.3) is 0 Å². The van der Waals surface area contributed by atoms with Crippen molar-refractivity contribution in [3.8, 4) is 0 Å². The Morgan fingerprint density at radius 2 is 1.77 bits per heavy atom. The molecule has 0 spiro atoms. The van der Waals surface area contributed by atoms with E-state index < -0.39 is 0 Å². The van der Waals surface area contributed by atoms with E-state index in [9.17, 15) is 0 Å². The smallest absolute Gasteiger partial charge is 0.0379 e. The van der Waals surface area contributed by atoms with Gasteiger partial charge in [-0.05, 0) is 37.0 Å². The van der Waals surface area contributed by atoms with Crippen LogP contribution < -0.4 is 0 Å². The van der Waals surface area contributed by atoms with Crippen LogP contribution in [0.3, 0.4) is 0 Å². The molecule has 2 rings (SSSR count). The Balaban J connectivity index is 2.50. The van der Waals surface area contributed by atoms with Crippen molar-refractivity contribution < 1.29 is 0 Å². The maximum absolute atomic E-state index is 4.28. The van der Waals surface area contributed by atoms with Gasteiger partial charge in [0.1, 0.15) is 0 Å². The largest absolute Gasteiger partial charge is 0.261 e. The summed E-state index contributed by atoms with van der Waals surface area (Å²) < 4.78 is 0. The van der Waals surface area contributed by atoms with Gasteiger partial charge in [0.05, 0.1) is 0 Å².